The zero-order chi connectivity index (χ0) is 13.2. The van der Waals surface area contributed by atoms with Crippen LogP contribution < -0.4 is 5.32 Å². The number of aromatic nitrogens is 1. The molecule has 3 heteroatoms. The standard InChI is InChI=1S/C17H24N2O/c1-2-14(1)16-6-15(19-20-16)10-18-17-7-11-3-12(8-17)5-13(4-11)9-17/h6,11-14,18H,1-5,7-10H2. The minimum Gasteiger partial charge on any atom is -0.361 e. The number of rotatable bonds is 4. The summed E-state index contributed by atoms with van der Waals surface area (Å²) in [5.74, 6) is 4.82. The van der Waals surface area contributed by atoms with Gasteiger partial charge in [-0.15, -0.1) is 0 Å². The van der Waals surface area contributed by atoms with Crippen molar-refractivity contribution >= 4 is 0 Å². The maximum Gasteiger partial charge on any atom is 0.140 e. The fourth-order valence-corrected chi connectivity index (χ4v) is 5.58. The van der Waals surface area contributed by atoms with Crippen molar-refractivity contribution in [2.24, 2.45) is 17.8 Å². The molecule has 0 aromatic carbocycles. The van der Waals surface area contributed by atoms with Crippen LogP contribution in [-0.2, 0) is 6.54 Å². The highest BCUT2D eigenvalue weighted by molar-refractivity contribution is 5.15. The van der Waals surface area contributed by atoms with Crippen LogP contribution in [-0.4, -0.2) is 10.7 Å². The van der Waals surface area contributed by atoms with Gasteiger partial charge in [-0.1, -0.05) is 5.16 Å². The monoisotopic (exact) mass is 272 g/mol. The predicted molar refractivity (Wildman–Crippen MR) is 76.2 cm³/mol. The minimum atomic E-state index is 0.438. The molecule has 6 rings (SSSR count). The molecule has 1 N–H and O–H groups in total. The summed E-state index contributed by atoms with van der Waals surface area (Å²) < 4.78 is 5.47. The van der Waals surface area contributed by atoms with E-state index < -0.39 is 0 Å². The second-order valence-electron chi connectivity index (χ2n) is 8.05. The summed E-state index contributed by atoms with van der Waals surface area (Å²) in [6, 6.07) is 2.19. The molecule has 0 atom stereocenters. The molecule has 20 heavy (non-hydrogen) atoms. The molecule has 4 bridgehead atoms. The smallest absolute Gasteiger partial charge is 0.140 e. The zero-order valence-corrected chi connectivity index (χ0v) is 12.1. The van der Waals surface area contributed by atoms with Gasteiger partial charge in [-0.3, -0.25) is 0 Å². The summed E-state index contributed by atoms with van der Waals surface area (Å²) >= 11 is 0. The molecule has 5 saturated carbocycles. The molecule has 5 fully saturated rings. The number of hydrogen-bond donors (Lipinski definition) is 1. The van der Waals surface area contributed by atoms with Crippen molar-refractivity contribution in [3.8, 4) is 0 Å². The van der Waals surface area contributed by atoms with Gasteiger partial charge in [0.1, 0.15) is 5.76 Å². The third kappa shape index (κ3) is 1.93. The van der Waals surface area contributed by atoms with Gasteiger partial charge in [0.15, 0.2) is 0 Å². The molecule has 1 aromatic heterocycles. The quantitative estimate of drug-likeness (QED) is 0.910. The molecular formula is C17H24N2O. The highest BCUT2D eigenvalue weighted by Crippen LogP contribution is 2.55. The van der Waals surface area contributed by atoms with Gasteiger partial charge in [-0.2, -0.15) is 0 Å². The molecule has 5 aliphatic rings. The first-order valence-corrected chi connectivity index (χ1v) is 8.48. The molecule has 0 saturated heterocycles. The molecule has 0 radical (unpaired) electrons. The fraction of sp³-hybridized carbons (Fsp3) is 0.824. The minimum absolute atomic E-state index is 0.438. The van der Waals surface area contributed by atoms with Gasteiger partial charge in [0, 0.05) is 24.1 Å². The van der Waals surface area contributed by atoms with E-state index in [4.69, 9.17) is 4.52 Å². The third-order valence-corrected chi connectivity index (χ3v) is 6.24. The van der Waals surface area contributed by atoms with Crippen molar-refractivity contribution in [3.05, 3.63) is 17.5 Å². The molecule has 0 spiro atoms. The van der Waals surface area contributed by atoms with Gasteiger partial charge in [-0.05, 0) is 69.1 Å². The Labute approximate surface area is 120 Å². The summed E-state index contributed by atoms with van der Waals surface area (Å²) in [7, 11) is 0. The van der Waals surface area contributed by atoms with Crippen molar-refractivity contribution in [3.63, 3.8) is 0 Å². The first kappa shape index (κ1) is 11.8. The first-order valence-electron chi connectivity index (χ1n) is 8.48. The van der Waals surface area contributed by atoms with Crippen LogP contribution in [0.15, 0.2) is 10.6 Å². The van der Waals surface area contributed by atoms with Crippen LogP contribution >= 0.6 is 0 Å². The summed E-state index contributed by atoms with van der Waals surface area (Å²) in [6.07, 6.45) is 11.3. The van der Waals surface area contributed by atoms with Gasteiger partial charge in [0.05, 0.1) is 5.69 Å². The fourth-order valence-electron chi connectivity index (χ4n) is 5.58. The lowest BCUT2D eigenvalue weighted by molar-refractivity contribution is -0.0208. The molecule has 5 aliphatic carbocycles. The first-order chi connectivity index (χ1) is 9.78. The third-order valence-electron chi connectivity index (χ3n) is 6.24. The number of nitrogens with one attached hydrogen (secondary N) is 1. The van der Waals surface area contributed by atoms with Crippen LogP contribution in [0.4, 0.5) is 0 Å². The van der Waals surface area contributed by atoms with Gasteiger partial charge in [-0.25, -0.2) is 0 Å². The molecular weight excluding hydrogens is 248 g/mol. The van der Waals surface area contributed by atoms with Crippen LogP contribution in [0.3, 0.4) is 0 Å². The molecule has 108 valence electrons. The Morgan fingerprint density at radius 1 is 1.10 bits per heavy atom. The summed E-state index contributed by atoms with van der Waals surface area (Å²) in [5, 5.41) is 8.15. The van der Waals surface area contributed by atoms with Crippen molar-refractivity contribution in [2.75, 3.05) is 0 Å². The van der Waals surface area contributed by atoms with Crippen molar-refractivity contribution < 1.29 is 4.52 Å². The van der Waals surface area contributed by atoms with Crippen LogP contribution in [0.1, 0.15) is 68.7 Å². The predicted octanol–water partition coefficient (Wildman–Crippen LogP) is 3.61. The van der Waals surface area contributed by atoms with Crippen LogP contribution in [0.5, 0.6) is 0 Å². The SMILES string of the molecule is c1c(CNC23CC4CC(CC(C4)C2)C3)noc1C1CC1. The Morgan fingerprint density at radius 2 is 1.75 bits per heavy atom. The maximum absolute atomic E-state index is 5.47. The maximum atomic E-state index is 5.47. The topological polar surface area (TPSA) is 38.1 Å². The lowest BCUT2D eigenvalue weighted by atomic mass is 9.53. The van der Waals surface area contributed by atoms with E-state index in [2.05, 4.69) is 16.5 Å². The van der Waals surface area contributed by atoms with Gasteiger partial charge < -0.3 is 9.84 Å². The Bertz CT molecular complexity index is 482. The van der Waals surface area contributed by atoms with Crippen LogP contribution in [0.25, 0.3) is 0 Å². The van der Waals surface area contributed by atoms with Crippen LogP contribution in [0, 0.1) is 17.8 Å². The van der Waals surface area contributed by atoms with E-state index in [0.717, 1.165) is 35.8 Å². The molecule has 1 aromatic rings. The van der Waals surface area contributed by atoms with E-state index in [9.17, 15) is 0 Å². The zero-order valence-electron chi connectivity index (χ0n) is 12.1. The molecule has 0 unspecified atom stereocenters. The van der Waals surface area contributed by atoms with E-state index in [-0.39, 0.29) is 0 Å². The van der Waals surface area contributed by atoms with Gasteiger partial charge in [0.25, 0.3) is 0 Å². The number of hydrogen-bond acceptors (Lipinski definition) is 3. The van der Waals surface area contributed by atoms with E-state index in [1.807, 2.05) is 0 Å². The van der Waals surface area contributed by atoms with E-state index in [0.29, 0.717) is 11.5 Å². The molecule has 0 aliphatic heterocycles. The highest BCUT2D eigenvalue weighted by atomic mass is 16.5. The van der Waals surface area contributed by atoms with E-state index in [1.165, 1.54) is 51.4 Å². The lowest BCUT2D eigenvalue weighted by Crippen LogP contribution is -2.58. The van der Waals surface area contributed by atoms with Crippen LogP contribution in [0.2, 0.25) is 0 Å². The number of nitrogens with zero attached hydrogens (tertiary/aromatic N) is 1. The Balaban J connectivity index is 1.28. The summed E-state index contributed by atoms with van der Waals surface area (Å²) in [5.41, 5.74) is 1.55. The average Bonchev–Trinajstić information content (AvgIpc) is 3.14. The summed E-state index contributed by atoms with van der Waals surface area (Å²) in [6.45, 7) is 0.905. The van der Waals surface area contributed by atoms with Crippen molar-refractivity contribution in [1.29, 1.82) is 0 Å². The Kier molecular flexibility index (Phi) is 2.41. The Hall–Kier alpha value is -0.830. The average molecular weight is 272 g/mol. The van der Waals surface area contributed by atoms with Crippen molar-refractivity contribution in [2.45, 2.75) is 69.4 Å². The van der Waals surface area contributed by atoms with E-state index in [1.54, 1.807) is 0 Å². The second-order valence-corrected chi connectivity index (χ2v) is 8.05. The lowest BCUT2D eigenvalue weighted by Gasteiger charge is -2.57. The Morgan fingerprint density at radius 3 is 2.35 bits per heavy atom. The largest absolute Gasteiger partial charge is 0.361 e. The molecule has 0 amide bonds. The molecule has 3 nitrogen and oxygen atoms in total. The van der Waals surface area contributed by atoms with Gasteiger partial charge in [0.2, 0.25) is 0 Å². The van der Waals surface area contributed by atoms with Gasteiger partial charge >= 0.3 is 0 Å². The van der Waals surface area contributed by atoms with Crippen molar-refractivity contribution in [1.82, 2.24) is 10.5 Å². The normalized spacial score (nSPS) is 42.3. The highest BCUT2D eigenvalue weighted by Gasteiger charge is 2.50. The van der Waals surface area contributed by atoms with E-state index >= 15 is 0 Å². The summed E-state index contributed by atoms with van der Waals surface area (Å²) in [4.78, 5) is 0. The molecule has 1 heterocycles. The second kappa shape index (κ2) is 4.09.